The average molecular weight is 400 g/mol. The molecule has 2 heterocycles. The van der Waals surface area contributed by atoms with Gasteiger partial charge < -0.3 is 5.32 Å². The third-order valence-corrected chi connectivity index (χ3v) is 5.82. The van der Waals surface area contributed by atoms with E-state index in [9.17, 15) is 4.79 Å². The number of carbonyl (C=O) groups is 1. The number of aryl methyl sites for hydroxylation is 2. The van der Waals surface area contributed by atoms with Crippen molar-refractivity contribution in [2.75, 3.05) is 13.1 Å². The van der Waals surface area contributed by atoms with Crippen molar-refractivity contribution in [3.8, 4) is 0 Å². The second kappa shape index (κ2) is 10.2. The van der Waals surface area contributed by atoms with Gasteiger partial charge in [-0.2, -0.15) is 0 Å². The van der Waals surface area contributed by atoms with E-state index in [-0.39, 0.29) is 11.9 Å². The Labute approximate surface area is 179 Å². The van der Waals surface area contributed by atoms with Crippen molar-refractivity contribution in [2.45, 2.75) is 38.3 Å². The van der Waals surface area contributed by atoms with Gasteiger partial charge in [0.1, 0.15) is 0 Å². The first-order valence-corrected chi connectivity index (χ1v) is 10.8. The highest BCUT2D eigenvalue weighted by atomic mass is 16.1. The number of pyridine rings is 1. The van der Waals surface area contributed by atoms with Crippen molar-refractivity contribution >= 4 is 5.91 Å². The molecular weight excluding hydrogens is 370 g/mol. The van der Waals surface area contributed by atoms with E-state index >= 15 is 0 Å². The van der Waals surface area contributed by atoms with Crippen molar-refractivity contribution < 1.29 is 4.79 Å². The van der Waals surface area contributed by atoms with Gasteiger partial charge in [0, 0.05) is 37.4 Å². The summed E-state index contributed by atoms with van der Waals surface area (Å²) < 4.78 is 0. The second-order valence-corrected chi connectivity index (χ2v) is 7.99. The molecule has 0 aliphatic carbocycles. The number of benzene rings is 2. The van der Waals surface area contributed by atoms with Gasteiger partial charge in [0.15, 0.2) is 0 Å². The molecule has 0 bridgehead atoms. The van der Waals surface area contributed by atoms with E-state index in [0.717, 1.165) is 62.1 Å². The Balaban J connectivity index is 1.30. The van der Waals surface area contributed by atoms with Crippen LogP contribution in [0.25, 0.3) is 0 Å². The number of likely N-dealkylation sites (tertiary alicyclic amines) is 1. The van der Waals surface area contributed by atoms with Gasteiger partial charge in [-0.25, -0.2) is 0 Å². The second-order valence-electron chi connectivity index (χ2n) is 7.99. The Bertz CT molecular complexity index is 935. The summed E-state index contributed by atoms with van der Waals surface area (Å²) in [5.74, 6) is 0.0573. The molecule has 2 aromatic carbocycles. The lowest BCUT2D eigenvalue weighted by Gasteiger charge is -2.32. The minimum Gasteiger partial charge on any atom is -0.349 e. The molecule has 1 amide bonds. The molecule has 0 saturated carbocycles. The zero-order valence-electron chi connectivity index (χ0n) is 17.3. The minimum atomic E-state index is 0.0573. The summed E-state index contributed by atoms with van der Waals surface area (Å²) in [6.07, 6.45) is 5.61. The Morgan fingerprint density at radius 3 is 2.40 bits per heavy atom. The summed E-state index contributed by atoms with van der Waals surface area (Å²) in [4.78, 5) is 19.8. The van der Waals surface area contributed by atoms with Crippen molar-refractivity contribution in [1.29, 1.82) is 0 Å². The molecule has 1 aliphatic heterocycles. The number of nitrogens with zero attached hydrogens (tertiary/aromatic N) is 2. The van der Waals surface area contributed by atoms with E-state index in [2.05, 4.69) is 51.6 Å². The van der Waals surface area contributed by atoms with Crippen LogP contribution in [0.15, 0.2) is 79.0 Å². The monoisotopic (exact) mass is 399 g/mol. The van der Waals surface area contributed by atoms with Crippen molar-refractivity contribution in [1.82, 2.24) is 15.2 Å². The number of hydrogen-bond donors (Lipinski definition) is 1. The fraction of sp³-hybridized carbons (Fsp3) is 0.308. The van der Waals surface area contributed by atoms with Gasteiger partial charge in [-0.1, -0.05) is 54.6 Å². The molecule has 4 rings (SSSR count). The lowest BCUT2D eigenvalue weighted by molar-refractivity contribution is 0.0907. The van der Waals surface area contributed by atoms with Crippen LogP contribution in [0.3, 0.4) is 0 Å². The summed E-state index contributed by atoms with van der Waals surface area (Å²) in [6.45, 7) is 2.85. The van der Waals surface area contributed by atoms with E-state index in [4.69, 9.17) is 0 Å². The summed E-state index contributed by atoms with van der Waals surface area (Å²) >= 11 is 0. The average Bonchev–Trinajstić information content (AvgIpc) is 2.80. The smallest absolute Gasteiger partial charge is 0.251 e. The molecule has 3 aromatic rings. The zero-order valence-corrected chi connectivity index (χ0v) is 17.3. The van der Waals surface area contributed by atoms with E-state index in [1.54, 1.807) is 0 Å². The largest absolute Gasteiger partial charge is 0.349 e. The Hall–Kier alpha value is -2.98. The van der Waals surface area contributed by atoms with Crippen LogP contribution < -0.4 is 5.32 Å². The van der Waals surface area contributed by atoms with Crippen LogP contribution in [0.4, 0.5) is 0 Å². The molecule has 0 atom stereocenters. The summed E-state index contributed by atoms with van der Waals surface area (Å²) in [7, 11) is 0. The number of piperidine rings is 1. The van der Waals surface area contributed by atoms with Gasteiger partial charge in [0.2, 0.25) is 0 Å². The Morgan fingerprint density at radius 1 is 0.900 bits per heavy atom. The predicted octanol–water partition coefficient (Wildman–Crippen LogP) is 4.26. The highest BCUT2D eigenvalue weighted by Crippen LogP contribution is 2.16. The maximum atomic E-state index is 13.0. The van der Waals surface area contributed by atoms with Crippen molar-refractivity contribution in [3.63, 3.8) is 0 Å². The lowest BCUT2D eigenvalue weighted by atomic mass is 9.98. The topological polar surface area (TPSA) is 45.2 Å². The third-order valence-electron chi connectivity index (χ3n) is 5.82. The van der Waals surface area contributed by atoms with Crippen LogP contribution in [0.5, 0.6) is 0 Å². The van der Waals surface area contributed by atoms with Gasteiger partial charge in [-0.05, 0) is 55.0 Å². The highest BCUT2D eigenvalue weighted by molar-refractivity contribution is 5.95. The van der Waals surface area contributed by atoms with Crippen LogP contribution >= 0.6 is 0 Å². The zero-order chi connectivity index (χ0) is 20.6. The Morgan fingerprint density at radius 2 is 1.63 bits per heavy atom. The number of rotatable bonds is 7. The van der Waals surface area contributed by atoms with Crippen LogP contribution in [0.1, 0.15) is 40.0 Å². The third kappa shape index (κ3) is 5.55. The van der Waals surface area contributed by atoms with Crippen LogP contribution in [-0.4, -0.2) is 34.9 Å². The molecular formula is C26H29N3O. The van der Waals surface area contributed by atoms with Crippen LogP contribution in [-0.2, 0) is 19.4 Å². The predicted molar refractivity (Wildman–Crippen MR) is 120 cm³/mol. The van der Waals surface area contributed by atoms with E-state index in [1.165, 1.54) is 5.56 Å². The van der Waals surface area contributed by atoms with Crippen molar-refractivity contribution in [2.24, 2.45) is 0 Å². The molecule has 4 nitrogen and oxygen atoms in total. The number of aromatic nitrogens is 1. The molecule has 4 heteroatoms. The van der Waals surface area contributed by atoms with E-state index in [1.807, 2.05) is 42.6 Å². The quantitative estimate of drug-likeness (QED) is 0.646. The maximum Gasteiger partial charge on any atom is 0.251 e. The molecule has 30 heavy (non-hydrogen) atoms. The number of amides is 1. The lowest BCUT2D eigenvalue weighted by Crippen LogP contribution is -2.44. The fourth-order valence-corrected chi connectivity index (χ4v) is 4.10. The molecule has 0 radical (unpaired) electrons. The first-order valence-electron chi connectivity index (χ1n) is 10.8. The fourth-order valence-electron chi connectivity index (χ4n) is 4.10. The molecule has 1 fully saturated rings. The molecule has 1 N–H and O–H groups in total. The van der Waals surface area contributed by atoms with Crippen LogP contribution in [0, 0.1) is 0 Å². The standard InChI is InChI=1S/C26H29N3O/c30-26(25-12-5-4-10-22(25)14-13-21-8-2-1-3-9-21)28-23-15-18-29(19-16-23)20-24-11-6-7-17-27-24/h1-12,17,23H,13-16,18-20H2,(H,28,30). The minimum absolute atomic E-state index is 0.0573. The molecule has 1 aromatic heterocycles. The SMILES string of the molecule is O=C(NC1CCN(Cc2ccccn2)CC1)c1ccccc1CCc1ccccc1. The molecule has 0 spiro atoms. The molecule has 154 valence electrons. The normalized spacial score (nSPS) is 15.1. The number of nitrogens with one attached hydrogen (secondary N) is 1. The summed E-state index contributed by atoms with van der Waals surface area (Å²) in [5.41, 5.74) is 4.33. The van der Waals surface area contributed by atoms with Crippen molar-refractivity contribution in [3.05, 3.63) is 101 Å². The maximum absolute atomic E-state index is 13.0. The summed E-state index contributed by atoms with van der Waals surface area (Å²) in [5, 5.41) is 3.28. The van der Waals surface area contributed by atoms with E-state index < -0.39 is 0 Å². The first-order chi connectivity index (χ1) is 14.8. The molecule has 1 aliphatic rings. The van der Waals surface area contributed by atoms with E-state index in [0.29, 0.717) is 0 Å². The molecule has 0 unspecified atom stereocenters. The van der Waals surface area contributed by atoms with Gasteiger partial charge in [-0.15, -0.1) is 0 Å². The molecule has 1 saturated heterocycles. The van der Waals surface area contributed by atoms with Crippen LogP contribution in [0.2, 0.25) is 0 Å². The van der Waals surface area contributed by atoms with Gasteiger partial charge in [0.25, 0.3) is 5.91 Å². The van der Waals surface area contributed by atoms with Gasteiger partial charge in [-0.3, -0.25) is 14.7 Å². The Kier molecular flexibility index (Phi) is 6.88. The van der Waals surface area contributed by atoms with Gasteiger partial charge in [0.05, 0.1) is 5.69 Å². The first kappa shape index (κ1) is 20.3. The van der Waals surface area contributed by atoms with Gasteiger partial charge >= 0.3 is 0 Å². The highest BCUT2D eigenvalue weighted by Gasteiger charge is 2.22. The number of hydrogen-bond acceptors (Lipinski definition) is 3. The summed E-state index contributed by atoms with van der Waals surface area (Å²) in [6, 6.07) is 24.7. The number of carbonyl (C=O) groups excluding carboxylic acids is 1.